The van der Waals surface area contributed by atoms with Gasteiger partial charge in [-0.15, -0.1) is 0 Å². The van der Waals surface area contributed by atoms with Gasteiger partial charge in [0.05, 0.1) is 27.5 Å². The third-order valence-corrected chi connectivity index (χ3v) is 10.1. The number of hydrogen-bond donors (Lipinski definition) is 1. The van der Waals surface area contributed by atoms with Crippen LogP contribution in [0.1, 0.15) is 66.1 Å². The molecule has 34 heavy (non-hydrogen) atoms. The lowest BCUT2D eigenvalue weighted by Gasteiger charge is -2.41. The molecule has 2 N–H and O–H groups in total. The Kier molecular flexibility index (Phi) is 6.02. The van der Waals surface area contributed by atoms with E-state index < -0.39 is 25.8 Å². The van der Waals surface area contributed by atoms with Crippen molar-refractivity contribution in [2.45, 2.75) is 56.7 Å². The Labute approximate surface area is 198 Å². The summed E-state index contributed by atoms with van der Waals surface area (Å²) in [6.07, 6.45) is 3.51. The normalized spacial score (nSPS) is 28.6. The second-order valence-electron chi connectivity index (χ2n) is 9.33. The Balaban J connectivity index is 1.71. The summed E-state index contributed by atoms with van der Waals surface area (Å²) in [5, 5.41) is 9.00. The minimum Gasteiger partial charge on any atom is -0.386 e. The van der Waals surface area contributed by atoms with E-state index in [1.165, 1.54) is 18.3 Å². The van der Waals surface area contributed by atoms with E-state index in [0.717, 1.165) is 12.8 Å². The van der Waals surface area contributed by atoms with Gasteiger partial charge in [0.25, 0.3) is 0 Å². The van der Waals surface area contributed by atoms with Crippen molar-refractivity contribution in [1.29, 1.82) is 5.26 Å². The molecule has 10 heteroatoms. The summed E-state index contributed by atoms with van der Waals surface area (Å²) in [7, 11) is -2.82. The van der Waals surface area contributed by atoms with Gasteiger partial charge in [-0.3, -0.25) is 19.8 Å². The predicted molar refractivity (Wildman–Crippen MR) is 127 cm³/mol. The van der Waals surface area contributed by atoms with Crippen LogP contribution >= 0.6 is 0 Å². The molecule has 3 unspecified atom stereocenters. The molecule has 2 aliphatic heterocycles. The molecule has 0 spiro atoms. The highest BCUT2D eigenvalue weighted by Crippen LogP contribution is 2.41. The number of aryl methyl sites for hydroxylation is 1. The second kappa shape index (κ2) is 8.55. The average molecular weight is 483 g/mol. The standard InChI is InChI=1S/C24H27FN6O2S/c1-15-10-16(12-26)13-28-20(15)19(32)11-17-6-7-18(25)21(30-17)23(2)14-34(33)24(3,22(27)31-23)8-4-5-9-29-34/h6-7,10,13H,4-5,8-9,11,14H2,1-3H3,(H2,27,31). The summed E-state index contributed by atoms with van der Waals surface area (Å²) in [6, 6.07) is 6.26. The molecule has 4 heterocycles. The third-order valence-electron chi connectivity index (χ3n) is 6.68. The minimum atomic E-state index is -2.82. The van der Waals surface area contributed by atoms with Crippen molar-refractivity contribution < 1.29 is 13.4 Å². The molecule has 2 aromatic rings. The van der Waals surface area contributed by atoms with Crippen LogP contribution < -0.4 is 5.73 Å². The molecule has 0 radical (unpaired) electrons. The number of Topliss-reactive ketones (excluding diaryl/α,β-unsaturated/α-hetero) is 1. The third kappa shape index (κ3) is 3.98. The van der Waals surface area contributed by atoms with Gasteiger partial charge in [-0.25, -0.2) is 13.0 Å². The van der Waals surface area contributed by atoms with Gasteiger partial charge in [0, 0.05) is 18.4 Å². The molecule has 178 valence electrons. The molecule has 0 saturated carbocycles. The van der Waals surface area contributed by atoms with Gasteiger partial charge in [-0.05, 0) is 63.8 Å². The van der Waals surface area contributed by atoms with E-state index in [1.54, 1.807) is 19.9 Å². The van der Waals surface area contributed by atoms with Crippen LogP contribution in [0, 0.1) is 24.1 Å². The number of halogens is 1. The van der Waals surface area contributed by atoms with Crippen molar-refractivity contribution in [3.8, 4) is 6.07 Å². The van der Waals surface area contributed by atoms with E-state index in [1.807, 2.05) is 13.0 Å². The molecule has 0 fully saturated rings. The molecule has 0 amide bonds. The van der Waals surface area contributed by atoms with Crippen LogP contribution in [0.2, 0.25) is 0 Å². The number of carbonyl (C=O) groups is 1. The van der Waals surface area contributed by atoms with Gasteiger partial charge in [0.15, 0.2) is 5.78 Å². The van der Waals surface area contributed by atoms with Gasteiger partial charge in [-0.2, -0.15) is 5.26 Å². The molecule has 0 saturated heterocycles. The first-order valence-electron chi connectivity index (χ1n) is 11.1. The molecule has 2 aliphatic rings. The van der Waals surface area contributed by atoms with Crippen LogP contribution in [0.4, 0.5) is 4.39 Å². The highest BCUT2D eigenvalue weighted by atomic mass is 32.2. The van der Waals surface area contributed by atoms with Crippen molar-refractivity contribution in [2.24, 2.45) is 15.1 Å². The Bertz CT molecular complexity index is 1370. The molecule has 4 rings (SSSR count). The lowest BCUT2D eigenvalue weighted by atomic mass is 9.95. The molecule has 0 aliphatic carbocycles. The van der Waals surface area contributed by atoms with Crippen LogP contribution in [-0.2, 0) is 21.7 Å². The predicted octanol–water partition coefficient (Wildman–Crippen LogP) is 3.22. The average Bonchev–Trinajstić information content (AvgIpc) is 2.93. The van der Waals surface area contributed by atoms with E-state index in [-0.39, 0.29) is 35.2 Å². The highest BCUT2D eigenvalue weighted by molar-refractivity contribution is 7.95. The number of rotatable bonds is 4. The number of aliphatic imine (C=N–C) groups is 1. The minimum absolute atomic E-state index is 0.00511. The van der Waals surface area contributed by atoms with E-state index >= 15 is 4.39 Å². The number of fused-ring (bicyclic) bond motifs is 1. The monoisotopic (exact) mass is 482 g/mol. The fourth-order valence-electron chi connectivity index (χ4n) is 4.64. The van der Waals surface area contributed by atoms with Crippen LogP contribution in [0.15, 0.2) is 33.8 Å². The van der Waals surface area contributed by atoms with Crippen LogP contribution in [0.3, 0.4) is 0 Å². The Morgan fingerprint density at radius 2 is 2.09 bits per heavy atom. The second-order valence-corrected chi connectivity index (χ2v) is 12.1. The number of nitriles is 1. The van der Waals surface area contributed by atoms with Crippen molar-refractivity contribution in [3.63, 3.8) is 0 Å². The fraction of sp³-hybridized carbons (Fsp3) is 0.458. The lowest BCUT2D eigenvalue weighted by Crippen LogP contribution is -2.56. The first-order chi connectivity index (χ1) is 16.0. The molecular weight excluding hydrogens is 455 g/mol. The van der Waals surface area contributed by atoms with E-state index in [9.17, 15) is 9.00 Å². The van der Waals surface area contributed by atoms with Gasteiger partial charge in [0.1, 0.15) is 39.4 Å². The maximum absolute atomic E-state index is 15.0. The maximum Gasteiger partial charge on any atom is 0.187 e. The first-order valence-corrected chi connectivity index (χ1v) is 12.8. The largest absolute Gasteiger partial charge is 0.386 e. The van der Waals surface area contributed by atoms with E-state index in [2.05, 4.69) is 19.3 Å². The zero-order valence-electron chi connectivity index (χ0n) is 19.5. The number of nitrogens with zero attached hydrogens (tertiary/aromatic N) is 5. The van der Waals surface area contributed by atoms with Crippen molar-refractivity contribution >= 4 is 21.3 Å². The quantitative estimate of drug-likeness (QED) is 0.665. The Morgan fingerprint density at radius 3 is 2.79 bits per heavy atom. The van der Waals surface area contributed by atoms with Gasteiger partial charge < -0.3 is 5.73 Å². The fourth-order valence-corrected chi connectivity index (χ4v) is 7.56. The summed E-state index contributed by atoms with van der Waals surface area (Å²) in [5.74, 6) is -0.698. The Hall–Kier alpha value is -3.19. The topological polar surface area (TPSA) is 134 Å². The van der Waals surface area contributed by atoms with Gasteiger partial charge in [0.2, 0.25) is 0 Å². The smallest absolute Gasteiger partial charge is 0.187 e. The molecule has 8 nitrogen and oxygen atoms in total. The number of amidine groups is 1. The molecule has 2 aromatic heterocycles. The number of nitrogens with two attached hydrogens (primary N) is 1. The number of ketones is 1. The van der Waals surface area contributed by atoms with Crippen molar-refractivity contribution in [3.05, 3.63) is 58.4 Å². The number of hydrogen-bond acceptors (Lipinski definition) is 8. The van der Waals surface area contributed by atoms with E-state index in [0.29, 0.717) is 29.8 Å². The summed E-state index contributed by atoms with van der Waals surface area (Å²) < 4.78 is 32.7. The van der Waals surface area contributed by atoms with Gasteiger partial charge in [-0.1, -0.05) is 0 Å². The Morgan fingerprint density at radius 1 is 1.32 bits per heavy atom. The first kappa shape index (κ1) is 24.0. The van der Waals surface area contributed by atoms with Gasteiger partial charge >= 0.3 is 0 Å². The van der Waals surface area contributed by atoms with Crippen LogP contribution in [0.25, 0.3) is 0 Å². The van der Waals surface area contributed by atoms with E-state index in [4.69, 9.17) is 11.0 Å². The number of carbonyl (C=O) groups excluding carboxylic acids is 1. The molecule has 0 bridgehead atoms. The summed E-state index contributed by atoms with van der Waals surface area (Å²) in [6.45, 7) is 5.66. The number of aromatic nitrogens is 2. The maximum atomic E-state index is 15.0. The number of pyridine rings is 2. The zero-order chi connectivity index (χ0) is 24.7. The van der Waals surface area contributed by atoms with Crippen LogP contribution in [0.5, 0.6) is 0 Å². The molecule has 3 atom stereocenters. The molecule has 0 aromatic carbocycles. The summed E-state index contributed by atoms with van der Waals surface area (Å²) >= 11 is 0. The molecular formula is C24H27FN6O2S. The van der Waals surface area contributed by atoms with Crippen LogP contribution in [-0.4, -0.2) is 42.8 Å². The summed E-state index contributed by atoms with van der Waals surface area (Å²) in [5.41, 5.74) is 6.58. The summed E-state index contributed by atoms with van der Waals surface area (Å²) in [4.78, 5) is 26.0. The lowest BCUT2D eigenvalue weighted by molar-refractivity contribution is 0.0986. The highest BCUT2D eigenvalue weighted by Gasteiger charge is 2.51. The van der Waals surface area contributed by atoms with Crippen molar-refractivity contribution in [1.82, 2.24) is 9.97 Å². The SMILES string of the molecule is Cc1cc(C#N)cnc1C(=O)Cc1ccc(F)c(C2(C)CS3(=O)=NCCCCC3(C)C(N)=N2)n1. The van der Waals surface area contributed by atoms with Crippen molar-refractivity contribution in [2.75, 3.05) is 12.3 Å². The zero-order valence-corrected chi connectivity index (χ0v) is 20.3.